The highest BCUT2D eigenvalue weighted by Crippen LogP contribution is 2.26. The molecular formula is C12H16BrF2NO2. The molecule has 1 N–H and O–H groups in total. The summed E-state index contributed by atoms with van der Waals surface area (Å²) in [6.45, 7) is 4.97. The van der Waals surface area contributed by atoms with Gasteiger partial charge < -0.3 is 14.8 Å². The van der Waals surface area contributed by atoms with Gasteiger partial charge in [0.05, 0.1) is 12.2 Å². The molecule has 0 aliphatic heterocycles. The van der Waals surface area contributed by atoms with E-state index in [1.54, 1.807) is 0 Å². The van der Waals surface area contributed by atoms with Gasteiger partial charge in [-0.2, -0.15) is 0 Å². The molecule has 0 bridgehead atoms. The number of halogens is 3. The van der Waals surface area contributed by atoms with Crippen molar-refractivity contribution in [3.8, 4) is 0 Å². The third-order valence-corrected chi connectivity index (χ3v) is 2.78. The Kier molecular flexibility index (Phi) is 6.52. The van der Waals surface area contributed by atoms with Crippen molar-refractivity contribution < 1.29 is 18.3 Å². The molecule has 0 amide bonds. The van der Waals surface area contributed by atoms with Gasteiger partial charge in [0.1, 0.15) is 11.6 Å². The van der Waals surface area contributed by atoms with Crippen LogP contribution in [0.5, 0.6) is 0 Å². The lowest BCUT2D eigenvalue weighted by Crippen LogP contribution is -2.26. The molecule has 18 heavy (non-hydrogen) atoms. The Morgan fingerprint density at radius 2 is 1.83 bits per heavy atom. The highest BCUT2D eigenvalue weighted by molar-refractivity contribution is 9.10. The van der Waals surface area contributed by atoms with E-state index in [2.05, 4.69) is 21.2 Å². The van der Waals surface area contributed by atoms with Crippen LogP contribution >= 0.6 is 15.9 Å². The van der Waals surface area contributed by atoms with Crippen LogP contribution in [0.3, 0.4) is 0 Å². The van der Waals surface area contributed by atoms with Crippen molar-refractivity contribution in [2.24, 2.45) is 0 Å². The normalized spacial score (nSPS) is 11.0. The smallest absolute Gasteiger partial charge is 0.174 e. The molecule has 0 fully saturated rings. The fraction of sp³-hybridized carbons (Fsp3) is 0.500. The zero-order chi connectivity index (χ0) is 13.5. The van der Waals surface area contributed by atoms with Crippen molar-refractivity contribution in [3.63, 3.8) is 0 Å². The van der Waals surface area contributed by atoms with Crippen LogP contribution in [-0.4, -0.2) is 26.0 Å². The van der Waals surface area contributed by atoms with Crippen molar-refractivity contribution in [1.82, 2.24) is 0 Å². The number of nitrogens with one attached hydrogen (secondary N) is 1. The van der Waals surface area contributed by atoms with Gasteiger partial charge in [0.15, 0.2) is 6.29 Å². The Bertz CT molecular complexity index is 361. The minimum absolute atomic E-state index is 0.195. The first kappa shape index (κ1) is 15.3. The van der Waals surface area contributed by atoms with E-state index >= 15 is 0 Å². The summed E-state index contributed by atoms with van der Waals surface area (Å²) in [5.41, 5.74) is 0.195. The predicted molar refractivity (Wildman–Crippen MR) is 69.6 cm³/mol. The Morgan fingerprint density at radius 1 is 1.22 bits per heavy atom. The van der Waals surface area contributed by atoms with E-state index in [1.165, 1.54) is 6.07 Å². The van der Waals surface area contributed by atoms with Crippen LogP contribution in [-0.2, 0) is 9.47 Å². The van der Waals surface area contributed by atoms with Gasteiger partial charge in [0.25, 0.3) is 0 Å². The zero-order valence-corrected chi connectivity index (χ0v) is 11.9. The SMILES string of the molecule is CCOC(CNc1c(F)cc(F)cc1Br)OCC. The molecule has 0 aliphatic rings. The zero-order valence-electron chi connectivity index (χ0n) is 10.3. The van der Waals surface area contributed by atoms with Crippen LogP contribution in [0.2, 0.25) is 0 Å². The quantitative estimate of drug-likeness (QED) is 0.778. The molecule has 102 valence electrons. The van der Waals surface area contributed by atoms with E-state index < -0.39 is 17.9 Å². The molecule has 0 saturated carbocycles. The summed E-state index contributed by atoms with van der Waals surface area (Å²) in [5, 5.41) is 2.84. The average molecular weight is 324 g/mol. The molecule has 0 aromatic heterocycles. The van der Waals surface area contributed by atoms with Gasteiger partial charge in [-0.3, -0.25) is 0 Å². The first-order valence-corrected chi connectivity index (χ1v) is 6.49. The third-order valence-electron chi connectivity index (χ3n) is 2.16. The Balaban J connectivity index is 2.66. The minimum Gasteiger partial charge on any atom is -0.377 e. The average Bonchev–Trinajstić information content (AvgIpc) is 2.28. The van der Waals surface area contributed by atoms with Crippen molar-refractivity contribution in [2.75, 3.05) is 25.1 Å². The van der Waals surface area contributed by atoms with E-state index in [4.69, 9.17) is 9.47 Å². The van der Waals surface area contributed by atoms with Gasteiger partial charge >= 0.3 is 0 Å². The van der Waals surface area contributed by atoms with Gasteiger partial charge in [0, 0.05) is 23.8 Å². The predicted octanol–water partition coefficient (Wildman–Crippen LogP) is 3.54. The van der Waals surface area contributed by atoms with Crippen molar-refractivity contribution >= 4 is 21.6 Å². The second kappa shape index (κ2) is 7.66. The molecule has 3 nitrogen and oxygen atoms in total. The molecule has 1 rings (SSSR count). The molecule has 1 aromatic carbocycles. The van der Waals surface area contributed by atoms with E-state index in [-0.39, 0.29) is 12.2 Å². The highest BCUT2D eigenvalue weighted by atomic mass is 79.9. The largest absolute Gasteiger partial charge is 0.377 e. The summed E-state index contributed by atoms with van der Waals surface area (Å²) in [6, 6.07) is 2.02. The molecule has 0 aliphatic carbocycles. The highest BCUT2D eigenvalue weighted by Gasteiger charge is 2.13. The maximum absolute atomic E-state index is 13.5. The van der Waals surface area contributed by atoms with Crippen LogP contribution < -0.4 is 5.32 Å². The summed E-state index contributed by atoms with van der Waals surface area (Å²) >= 11 is 3.10. The number of ether oxygens (including phenoxy) is 2. The van der Waals surface area contributed by atoms with Crippen LogP contribution in [0.15, 0.2) is 16.6 Å². The third kappa shape index (κ3) is 4.51. The second-order valence-electron chi connectivity index (χ2n) is 3.47. The summed E-state index contributed by atoms with van der Waals surface area (Å²) in [5.74, 6) is -1.29. The Morgan fingerprint density at radius 3 is 2.33 bits per heavy atom. The molecular weight excluding hydrogens is 308 g/mol. The van der Waals surface area contributed by atoms with Crippen molar-refractivity contribution in [1.29, 1.82) is 0 Å². The van der Waals surface area contributed by atoms with Crippen LogP contribution in [0.25, 0.3) is 0 Å². The number of anilines is 1. The summed E-state index contributed by atoms with van der Waals surface area (Å²) < 4.78 is 37.4. The molecule has 0 saturated heterocycles. The number of hydrogen-bond donors (Lipinski definition) is 1. The maximum Gasteiger partial charge on any atom is 0.174 e. The summed E-state index contributed by atoms with van der Waals surface area (Å²) in [4.78, 5) is 0. The standard InChI is InChI=1S/C12H16BrF2NO2/c1-3-17-11(18-4-2)7-16-12-9(13)5-8(14)6-10(12)15/h5-6,11,16H,3-4,7H2,1-2H3. The van der Waals surface area contributed by atoms with E-state index in [0.717, 1.165) is 6.07 Å². The fourth-order valence-corrected chi connectivity index (χ4v) is 1.98. The molecule has 6 heteroatoms. The molecule has 0 unspecified atom stereocenters. The lowest BCUT2D eigenvalue weighted by atomic mass is 10.3. The van der Waals surface area contributed by atoms with Gasteiger partial charge in [-0.25, -0.2) is 8.78 Å². The van der Waals surface area contributed by atoms with Gasteiger partial charge in [-0.1, -0.05) is 0 Å². The Labute approximate surface area is 114 Å². The topological polar surface area (TPSA) is 30.5 Å². The van der Waals surface area contributed by atoms with Gasteiger partial charge in [0.2, 0.25) is 0 Å². The molecule has 1 aromatic rings. The first-order chi connectivity index (χ1) is 8.58. The van der Waals surface area contributed by atoms with Crippen molar-refractivity contribution in [3.05, 3.63) is 28.2 Å². The van der Waals surface area contributed by atoms with E-state index in [0.29, 0.717) is 17.7 Å². The van der Waals surface area contributed by atoms with Gasteiger partial charge in [-0.15, -0.1) is 0 Å². The molecule has 0 atom stereocenters. The number of hydrogen-bond acceptors (Lipinski definition) is 3. The molecule has 0 heterocycles. The van der Waals surface area contributed by atoms with Gasteiger partial charge in [-0.05, 0) is 35.8 Å². The van der Waals surface area contributed by atoms with Crippen LogP contribution in [0, 0.1) is 11.6 Å². The maximum atomic E-state index is 13.5. The minimum atomic E-state index is -0.659. The van der Waals surface area contributed by atoms with Crippen LogP contribution in [0.4, 0.5) is 14.5 Å². The van der Waals surface area contributed by atoms with E-state index in [9.17, 15) is 8.78 Å². The first-order valence-electron chi connectivity index (χ1n) is 5.70. The van der Waals surface area contributed by atoms with E-state index in [1.807, 2.05) is 13.8 Å². The molecule has 0 radical (unpaired) electrons. The molecule has 0 spiro atoms. The lowest BCUT2D eigenvalue weighted by Gasteiger charge is -2.18. The summed E-state index contributed by atoms with van der Waals surface area (Å²) in [7, 11) is 0. The number of rotatable bonds is 7. The fourth-order valence-electron chi connectivity index (χ4n) is 1.43. The second-order valence-corrected chi connectivity index (χ2v) is 4.32. The monoisotopic (exact) mass is 323 g/mol. The number of benzene rings is 1. The van der Waals surface area contributed by atoms with Crippen molar-refractivity contribution in [2.45, 2.75) is 20.1 Å². The Hall–Kier alpha value is -0.720. The van der Waals surface area contributed by atoms with Crippen LogP contribution in [0.1, 0.15) is 13.8 Å². The lowest BCUT2D eigenvalue weighted by molar-refractivity contribution is -0.126. The summed E-state index contributed by atoms with van der Waals surface area (Å²) in [6.07, 6.45) is -0.462.